The summed E-state index contributed by atoms with van der Waals surface area (Å²) < 4.78 is 5.33. The number of benzene rings is 1. The quantitative estimate of drug-likeness (QED) is 0.216. The normalized spacial score (nSPS) is 12.9. The fourth-order valence-corrected chi connectivity index (χ4v) is 4.53. The van der Waals surface area contributed by atoms with Gasteiger partial charge in [-0.25, -0.2) is 4.79 Å². The lowest BCUT2D eigenvalue weighted by Crippen LogP contribution is -2.54. The Balaban J connectivity index is 3.36. The molecule has 39 heavy (non-hydrogen) atoms. The van der Waals surface area contributed by atoms with Crippen molar-refractivity contribution in [2.45, 2.75) is 124 Å². The molecule has 0 radical (unpaired) electrons. The monoisotopic (exact) mass is 547 g/mol. The molecule has 1 aromatic carbocycles. The van der Waals surface area contributed by atoms with E-state index in [0.29, 0.717) is 19.5 Å². The van der Waals surface area contributed by atoms with Crippen molar-refractivity contribution >= 4 is 17.9 Å². The topological polar surface area (TPSA) is 108 Å². The number of hydrogen-bond acceptors (Lipinski definition) is 5. The van der Waals surface area contributed by atoms with Crippen molar-refractivity contribution in [3.8, 4) is 0 Å². The van der Waals surface area contributed by atoms with E-state index in [1.54, 1.807) is 20.8 Å². The number of aliphatic hydroxyl groups is 1. The highest BCUT2D eigenvalue weighted by Crippen LogP contribution is 2.27. The summed E-state index contributed by atoms with van der Waals surface area (Å²) in [6.45, 7) is 13.6. The molecule has 0 fully saturated rings. The number of hydrogen-bond donors (Lipinski definition) is 3. The molecule has 3 amide bonds. The third-order valence-corrected chi connectivity index (χ3v) is 6.57. The number of rotatable bonds is 17. The first-order valence-electron chi connectivity index (χ1n) is 14.7. The molecule has 222 valence electrons. The molecule has 0 bridgehead atoms. The summed E-state index contributed by atoms with van der Waals surface area (Å²) in [5.41, 5.74) is 1.95. The zero-order valence-corrected chi connectivity index (χ0v) is 25.4. The van der Waals surface area contributed by atoms with Gasteiger partial charge in [0.05, 0.1) is 6.61 Å². The van der Waals surface area contributed by atoms with Crippen molar-refractivity contribution in [1.82, 2.24) is 15.5 Å². The molecule has 0 aromatic heterocycles. The van der Waals surface area contributed by atoms with E-state index in [2.05, 4.69) is 24.5 Å². The van der Waals surface area contributed by atoms with Crippen LogP contribution >= 0.6 is 0 Å². The smallest absolute Gasteiger partial charge is 0.408 e. The van der Waals surface area contributed by atoms with Gasteiger partial charge in [0.2, 0.25) is 11.8 Å². The number of ether oxygens (including phenoxy) is 1. The minimum Gasteiger partial charge on any atom is -0.444 e. The Morgan fingerprint density at radius 2 is 1.56 bits per heavy atom. The Hall–Kier alpha value is -2.61. The van der Waals surface area contributed by atoms with Crippen LogP contribution in [0.2, 0.25) is 0 Å². The van der Waals surface area contributed by atoms with Gasteiger partial charge >= 0.3 is 6.09 Å². The Labute approximate surface area is 236 Å². The summed E-state index contributed by atoms with van der Waals surface area (Å²) in [6, 6.07) is 3.72. The fraction of sp³-hybridized carbons (Fsp3) is 0.710. The van der Waals surface area contributed by atoms with Gasteiger partial charge in [0, 0.05) is 13.1 Å². The van der Waals surface area contributed by atoms with Crippen molar-refractivity contribution in [2.75, 3.05) is 19.7 Å². The standard InChI is InChI=1S/C31H53N3O5/c1-8-10-12-13-14-16-20-34(29(37)26(22-35)33-30(38)39-31(5,6)7)27(28(36)32-19-15-11-9-2)25-18-17-23(3)21-24(25)4/h17-18,21,26-27,35H,8-16,19-20,22H2,1-7H3,(H,32,36)(H,33,38). The molecule has 0 aliphatic heterocycles. The number of carbonyl (C=O) groups excluding carboxylic acids is 3. The Morgan fingerprint density at radius 3 is 2.15 bits per heavy atom. The van der Waals surface area contributed by atoms with E-state index in [1.807, 2.05) is 32.0 Å². The average Bonchev–Trinajstić information content (AvgIpc) is 2.85. The fourth-order valence-electron chi connectivity index (χ4n) is 4.53. The first-order valence-corrected chi connectivity index (χ1v) is 14.7. The predicted octanol–water partition coefficient (Wildman–Crippen LogP) is 5.73. The van der Waals surface area contributed by atoms with Crippen LogP contribution in [-0.2, 0) is 14.3 Å². The average molecular weight is 548 g/mol. The highest BCUT2D eigenvalue weighted by atomic mass is 16.6. The van der Waals surface area contributed by atoms with Gasteiger partial charge in [0.1, 0.15) is 17.7 Å². The van der Waals surface area contributed by atoms with Crippen molar-refractivity contribution < 1.29 is 24.2 Å². The van der Waals surface area contributed by atoms with Gasteiger partial charge in [-0.05, 0) is 58.6 Å². The number of nitrogens with zero attached hydrogens (tertiary/aromatic N) is 1. The Bertz CT molecular complexity index is 897. The van der Waals surface area contributed by atoms with Crippen LogP contribution in [0.15, 0.2) is 18.2 Å². The molecule has 1 rings (SSSR count). The first kappa shape index (κ1) is 34.4. The van der Waals surface area contributed by atoms with Gasteiger partial charge in [-0.2, -0.15) is 0 Å². The molecular formula is C31H53N3O5. The van der Waals surface area contributed by atoms with E-state index in [4.69, 9.17) is 4.74 Å². The molecule has 0 saturated carbocycles. The van der Waals surface area contributed by atoms with E-state index in [1.165, 1.54) is 11.3 Å². The lowest BCUT2D eigenvalue weighted by atomic mass is 9.96. The van der Waals surface area contributed by atoms with E-state index in [9.17, 15) is 19.5 Å². The molecule has 0 heterocycles. The number of amides is 3. The molecule has 8 heteroatoms. The first-order chi connectivity index (χ1) is 18.4. The maximum Gasteiger partial charge on any atom is 0.408 e. The second kappa shape index (κ2) is 17.9. The van der Waals surface area contributed by atoms with Gasteiger partial charge < -0.3 is 25.4 Å². The number of alkyl carbamates (subject to hydrolysis) is 1. The summed E-state index contributed by atoms with van der Waals surface area (Å²) in [4.78, 5) is 41.7. The second-order valence-corrected chi connectivity index (χ2v) is 11.4. The molecule has 2 unspecified atom stereocenters. The van der Waals surface area contributed by atoms with E-state index in [-0.39, 0.29) is 5.91 Å². The van der Waals surface area contributed by atoms with Gasteiger partial charge in [-0.3, -0.25) is 9.59 Å². The molecule has 0 aliphatic rings. The molecule has 2 atom stereocenters. The lowest BCUT2D eigenvalue weighted by Gasteiger charge is -2.35. The number of carbonyl (C=O) groups is 3. The van der Waals surface area contributed by atoms with Crippen LogP contribution in [-0.4, -0.2) is 59.3 Å². The van der Waals surface area contributed by atoms with Crippen molar-refractivity contribution in [3.63, 3.8) is 0 Å². The van der Waals surface area contributed by atoms with E-state index >= 15 is 0 Å². The molecule has 0 aliphatic carbocycles. The largest absolute Gasteiger partial charge is 0.444 e. The Morgan fingerprint density at radius 1 is 0.949 bits per heavy atom. The van der Waals surface area contributed by atoms with Crippen LogP contribution in [0.4, 0.5) is 4.79 Å². The number of aryl methyl sites for hydroxylation is 2. The summed E-state index contributed by atoms with van der Waals surface area (Å²) >= 11 is 0. The van der Waals surface area contributed by atoms with Crippen LogP contribution in [0.1, 0.15) is 115 Å². The minimum atomic E-state index is -1.24. The molecular weight excluding hydrogens is 494 g/mol. The third-order valence-electron chi connectivity index (χ3n) is 6.57. The highest BCUT2D eigenvalue weighted by Gasteiger charge is 2.36. The summed E-state index contributed by atoms with van der Waals surface area (Å²) in [7, 11) is 0. The highest BCUT2D eigenvalue weighted by molar-refractivity contribution is 5.92. The van der Waals surface area contributed by atoms with Gasteiger partial charge in [0.15, 0.2) is 0 Å². The van der Waals surface area contributed by atoms with Gasteiger partial charge in [-0.15, -0.1) is 0 Å². The minimum absolute atomic E-state index is 0.258. The van der Waals surface area contributed by atoms with Crippen LogP contribution in [0, 0.1) is 13.8 Å². The molecule has 0 saturated heterocycles. The maximum atomic E-state index is 13.9. The summed E-state index contributed by atoms with van der Waals surface area (Å²) in [5.74, 6) is -0.767. The van der Waals surface area contributed by atoms with E-state index < -0.39 is 36.3 Å². The van der Waals surface area contributed by atoms with Crippen molar-refractivity contribution in [3.05, 3.63) is 34.9 Å². The summed E-state index contributed by atoms with van der Waals surface area (Å²) in [5, 5.41) is 15.7. The summed E-state index contributed by atoms with van der Waals surface area (Å²) in [6.07, 6.45) is 8.22. The molecule has 8 nitrogen and oxygen atoms in total. The molecule has 0 spiro atoms. The van der Waals surface area contributed by atoms with Gasteiger partial charge in [0.25, 0.3) is 0 Å². The number of aliphatic hydroxyl groups excluding tert-OH is 1. The zero-order valence-electron chi connectivity index (χ0n) is 25.4. The van der Waals surface area contributed by atoms with Crippen LogP contribution in [0.3, 0.4) is 0 Å². The van der Waals surface area contributed by atoms with Gasteiger partial charge in [-0.1, -0.05) is 82.6 Å². The van der Waals surface area contributed by atoms with E-state index in [0.717, 1.165) is 61.6 Å². The number of nitrogens with one attached hydrogen (secondary N) is 2. The lowest BCUT2D eigenvalue weighted by molar-refractivity contribution is -0.143. The second-order valence-electron chi connectivity index (χ2n) is 11.4. The Kier molecular flexibility index (Phi) is 15.8. The zero-order chi connectivity index (χ0) is 29.4. The van der Waals surface area contributed by atoms with Crippen LogP contribution in [0.25, 0.3) is 0 Å². The SMILES string of the molecule is CCCCCCCCN(C(=O)C(CO)NC(=O)OC(C)(C)C)C(C(=O)NCCCCC)c1ccc(C)cc1C. The van der Waals surface area contributed by atoms with Crippen molar-refractivity contribution in [1.29, 1.82) is 0 Å². The molecule has 3 N–H and O–H groups in total. The van der Waals surface area contributed by atoms with Crippen molar-refractivity contribution in [2.24, 2.45) is 0 Å². The third kappa shape index (κ3) is 12.9. The predicted molar refractivity (Wildman–Crippen MR) is 157 cm³/mol. The maximum absolute atomic E-state index is 13.9. The van der Waals surface area contributed by atoms with Crippen LogP contribution < -0.4 is 10.6 Å². The number of unbranched alkanes of at least 4 members (excludes halogenated alkanes) is 7. The van der Waals surface area contributed by atoms with Crippen LogP contribution in [0.5, 0.6) is 0 Å². The molecule has 1 aromatic rings.